The van der Waals surface area contributed by atoms with Crippen LogP contribution >= 0.6 is 11.6 Å². The van der Waals surface area contributed by atoms with E-state index in [1.54, 1.807) is 12.1 Å². The van der Waals surface area contributed by atoms with Gasteiger partial charge in [0.25, 0.3) is 0 Å². The summed E-state index contributed by atoms with van der Waals surface area (Å²) in [6.45, 7) is 2.70. The number of nitrogens with one attached hydrogen (secondary N) is 1. The van der Waals surface area contributed by atoms with Crippen LogP contribution < -0.4 is 5.32 Å². The molecule has 1 N–H and O–H groups in total. The maximum Gasteiger partial charge on any atom is 0.243 e. The molecule has 1 heterocycles. The number of fused-ring (bicyclic) bond motifs is 1. The zero-order chi connectivity index (χ0) is 22.7. The van der Waals surface area contributed by atoms with Crippen LogP contribution in [0.15, 0.2) is 71.6 Å². The highest BCUT2D eigenvalue weighted by Gasteiger charge is 2.32. The smallest absolute Gasteiger partial charge is 0.243 e. The van der Waals surface area contributed by atoms with Crippen molar-refractivity contribution in [2.75, 3.05) is 13.1 Å². The molecule has 168 valence electrons. The molecule has 0 spiro atoms. The molecule has 3 aromatic rings. The van der Waals surface area contributed by atoms with Gasteiger partial charge in [0.2, 0.25) is 15.9 Å². The summed E-state index contributed by atoms with van der Waals surface area (Å²) in [6, 6.07) is 20.3. The average molecular weight is 471 g/mol. The highest BCUT2D eigenvalue weighted by Crippen LogP contribution is 2.27. The second kappa shape index (κ2) is 9.61. The standard InChI is InChI=1S/C25H27ClN2O3S/c1-2-24(19-7-10-22(26)11-8-19)27-25(29)20-13-15-28(16-14-20)32(30,31)23-12-9-18-5-3-4-6-21(18)17-23/h3-12,17,20,24H,2,13-16H2,1H3,(H,27,29). The van der Waals surface area contributed by atoms with E-state index in [1.807, 2.05) is 61.5 Å². The predicted octanol–water partition coefficient (Wildman–Crippen LogP) is 5.16. The lowest BCUT2D eigenvalue weighted by molar-refractivity contribution is -0.126. The lowest BCUT2D eigenvalue weighted by Crippen LogP contribution is -2.43. The summed E-state index contributed by atoms with van der Waals surface area (Å²) in [6.07, 6.45) is 1.79. The molecule has 32 heavy (non-hydrogen) atoms. The molecule has 1 saturated heterocycles. The Morgan fingerprint density at radius 2 is 1.69 bits per heavy atom. The molecule has 1 aliphatic heterocycles. The fourth-order valence-electron chi connectivity index (χ4n) is 4.24. The van der Waals surface area contributed by atoms with E-state index in [0.717, 1.165) is 22.8 Å². The molecule has 3 aromatic carbocycles. The molecule has 5 nitrogen and oxygen atoms in total. The lowest BCUT2D eigenvalue weighted by atomic mass is 9.96. The first-order valence-electron chi connectivity index (χ1n) is 10.9. The maximum atomic E-state index is 13.2. The Kier molecular flexibility index (Phi) is 6.84. The number of piperidine rings is 1. The van der Waals surface area contributed by atoms with E-state index in [-0.39, 0.29) is 17.9 Å². The number of nitrogens with zero attached hydrogens (tertiary/aromatic N) is 1. The van der Waals surface area contributed by atoms with Crippen LogP contribution in [0.25, 0.3) is 10.8 Å². The summed E-state index contributed by atoms with van der Waals surface area (Å²) >= 11 is 5.97. The van der Waals surface area contributed by atoms with Crippen molar-refractivity contribution in [3.63, 3.8) is 0 Å². The normalized spacial score (nSPS) is 16.7. The molecule has 1 aliphatic rings. The van der Waals surface area contributed by atoms with E-state index in [1.165, 1.54) is 4.31 Å². The Morgan fingerprint density at radius 3 is 2.34 bits per heavy atom. The summed E-state index contributed by atoms with van der Waals surface area (Å²) in [5.74, 6) is -0.214. The number of amides is 1. The van der Waals surface area contributed by atoms with Crippen molar-refractivity contribution >= 4 is 38.3 Å². The lowest BCUT2D eigenvalue weighted by Gasteiger charge is -2.31. The van der Waals surface area contributed by atoms with Crippen molar-refractivity contribution in [1.82, 2.24) is 9.62 Å². The fraction of sp³-hybridized carbons (Fsp3) is 0.320. The molecule has 0 aliphatic carbocycles. The number of carbonyl (C=O) groups is 1. The first-order chi connectivity index (χ1) is 15.4. The van der Waals surface area contributed by atoms with Gasteiger partial charge in [0.05, 0.1) is 10.9 Å². The third-order valence-electron chi connectivity index (χ3n) is 6.18. The number of rotatable bonds is 6. The van der Waals surface area contributed by atoms with Crippen LogP contribution in [0, 0.1) is 5.92 Å². The molecule has 0 radical (unpaired) electrons. The Balaban J connectivity index is 1.40. The first kappa shape index (κ1) is 22.8. The van der Waals surface area contributed by atoms with Gasteiger partial charge in [0.15, 0.2) is 0 Å². The molecule has 0 aromatic heterocycles. The third kappa shape index (κ3) is 4.82. The molecule has 4 rings (SSSR count). The van der Waals surface area contributed by atoms with Gasteiger partial charge >= 0.3 is 0 Å². The van der Waals surface area contributed by atoms with Gasteiger partial charge in [-0.25, -0.2) is 8.42 Å². The average Bonchev–Trinajstić information content (AvgIpc) is 2.82. The molecule has 1 atom stereocenters. The molecule has 7 heteroatoms. The van der Waals surface area contributed by atoms with Gasteiger partial charge in [-0.15, -0.1) is 0 Å². The second-order valence-electron chi connectivity index (χ2n) is 8.21. The highest BCUT2D eigenvalue weighted by molar-refractivity contribution is 7.89. The number of benzene rings is 3. The Hall–Kier alpha value is -2.41. The number of carbonyl (C=O) groups excluding carboxylic acids is 1. The van der Waals surface area contributed by atoms with Crippen molar-refractivity contribution in [3.05, 3.63) is 77.3 Å². The van der Waals surface area contributed by atoms with Crippen molar-refractivity contribution < 1.29 is 13.2 Å². The minimum Gasteiger partial charge on any atom is -0.349 e. The van der Waals surface area contributed by atoms with E-state index < -0.39 is 10.0 Å². The fourth-order valence-corrected chi connectivity index (χ4v) is 5.87. The molecule has 1 unspecified atom stereocenters. The first-order valence-corrected chi connectivity index (χ1v) is 12.7. The molecule has 1 fully saturated rings. The molecule has 0 bridgehead atoms. The number of halogens is 1. The van der Waals surface area contributed by atoms with Crippen molar-refractivity contribution in [2.24, 2.45) is 5.92 Å². The second-order valence-corrected chi connectivity index (χ2v) is 10.6. The largest absolute Gasteiger partial charge is 0.349 e. The van der Waals surface area contributed by atoms with Crippen molar-refractivity contribution in [2.45, 2.75) is 37.1 Å². The molecular weight excluding hydrogens is 444 g/mol. The predicted molar refractivity (Wildman–Crippen MR) is 128 cm³/mol. The summed E-state index contributed by atoms with van der Waals surface area (Å²) in [5.41, 5.74) is 1.02. The quantitative estimate of drug-likeness (QED) is 0.541. The molecular formula is C25H27ClN2O3S. The van der Waals surface area contributed by atoms with E-state index in [9.17, 15) is 13.2 Å². The maximum absolute atomic E-state index is 13.2. The van der Waals surface area contributed by atoms with E-state index in [0.29, 0.717) is 35.8 Å². The Morgan fingerprint density at radius 1 is 1.03 bits per heavy atom. The van der Waals surface area contributed by atoms with Crippen LogP contribution in [0.1, 0.15) is 37.8 Å². The van der Waals surface area contributed by atoms with Gasteiger partial charge in [0, 0.05) is 24.0 Å². The monoisotopic (exact) mass is 470 g/mol. The van der Waals surface area contributed by atoms with Crippen molar-refractivity contribution in [1.29, 1.82) is 0 Å². The van der Waals surface area contributed by atoms with Gasteiger partial charge in [-0.05, 0) is 59.9 Å². The molecule has 0 saturated carbocycles. The third-order valence-corrected chi connectivity index (χ3v) is 8.33. The Bertz CT molecular complexity index is 1200. The zero-order valence-electron chi connectivity index (χ0n) is 18.0. The van der Waals surface area contributed by atoms with Crippen LogP contribution in [-0.4, -0.2) is 31.7 Å². The van der Waals surface area contributed by atoms with Gasteiger partial charge in [-0.2, -0.15) is 4.31 Å². The number of hydrogen-bond acceptors (Lipinski definition) is 3. The Labute approximate surface area is 194 Å². The van der Waals surface area contributed by atoms with Crippen LogP contribution in [-0.2, 0) is 14.8 Å². The van der Waals surface area contributed by atoms with E-state index >= 15 is 0 Å². The highest BCUT2D eigenvalue weighted by atomic mass is 35.5. The van der Waals surface area contributed by atoms with Crippen LogP contribution in [0.5, 0.6) is 0 Å². The summed E-state index contributed by atoms with van der Waals surface area (Å²) < 4.78 is 27.8. The van der Waals surface area contributed by atoms with Crippen LogP contribution in [0.2, 0.25) is 5.02 Å². The van der Waals surface area contributed by atoms with Gasteiger partial charge in [-0.3, -0.25) is 4.79 Å². The van der Waals surface area contributed by atoms with Crippen LogP contribution in [0.4, 0.5) is 0 Å². The van der Waals surface area contributed by atoms with Gasteiger partial charge in [-0.1, -0.05) is 61.0 Å². The van der Waals surface area contributed by atoms with Gasteiger partial charge < -0.3 is 5.32 Å². The number of sulfonamides is 1. The summed E-state index contributed by atoms with van der Waals surface area (Å²) in [7, 11) is -3.59. The molecule has 1 amide bonds. The SMILES string of the molecule is CCC(NC(=O)C1CCN(S(=O)(=O)c2ccc3ccccc3c2)CC1)c1ccc(Cl)cc1. The summed E-state index contributed by atoms with van der Waals surface area (Å²) in [5, 5.41) is 5.70. The minimum atomic E-state index is -3.59. The van der Waals surface area contributed by atoms with Gasteiger partial charge in [0.1, 0.15) is 0 Å². The van der Waals surface area contributed by atoms with E-state index in [2.05, 4.69) is 5.32 Å². The topological polar surface area (TPSA) is 66.5 Å². The van der Waals surface area contributed by atoms with Crippen LogP contribution in [0.3, 0.4) is 0 Å². The summed E-state index contributed by atoms with van der Waals surface area (Å²) in [4.78, 5) is 13.2. The number of hydrogen-bond donors (Lipinski definition) is 1. The minimum absolute atomic E-state index is 0.0189. The van der Waals surface area contributed by atoms with Crippen molar-refractivity contribution in [3.8, 4) is 0 Å². The zero-order valence-corrected chi connectivity index (χ0v) is 19.6. The van der Waals surface area contributed by atoms with E-state index in [4.69, 9.17) is 11.6 Å².